The van der Waals surface area contributed by atoms with Gasteiger partial charge < -0.3 is 11.1 Å². The van der Waals surface area contributed by atoms with E-state index in [-0.39, 0.29) is 5.91 Å². The van der Waals surface area contributed by atoms with E-state index in [0.29, 0.717) is 25.2 Å². The summed E-state index contributed by atoms with van der Waals surface area (Å²) >= 11 is 0. The molecule has 1 aliphatic carbocycles. The number of likely N-dealkylation sites (tertiary alicyclic amines) is 1. The normalized spacial score (nSPS) is 29.9. The maximum atomic E-state index is 12.2. The van der Waals surface area contributed by atoms with Crippen LogP contribution in [0.25, 0.3) is 0 Å². The molecule has 2 aliphatic rings. The van der Waals surface area contributed by atoms with Gasteiger partial charge in [-0.3, -0.25) is 9.69 Å². The molecular formula is C16H31N3O. The van der Waals surface area contributed by atoms with Crippen LogP contribution in [-0.2, 0) is 4.79 Å². The summed E-state index contributed by atoms with van der Waals surface area (Å²) in [6.07, 6.45) is 9.80. The zero-order valence-electron chi connectivity index (χ0n) is 12.9. The van der Waals surface area contributed by atoms with E-state index in [4.69, 9.17) is 5.73 Å². The van der Waals surface area contributed by atoms with Crippen molar-refractivity contribution >= 4 is 5.91 Å². The molecular weight excluding hydrogens is 250 g/mol. The molecule has 0 aromatic carbocycles. The predicted octanol–water partition coefficient (Wildman–Crippen LogP) is 1.88. The molecule has 1 heterocycles. The molecule has 3 N–H and O–H groups in total. The van der Waals surface area contributed by atoms with Crippen LogP contribution in [0.4, 0.5) is 0 Å². The summed E-state index contributed by atoms with van der Waals surface area (Å²) in [5.74, 6) is 0.939. The Morgan fingerprint density at radius 2 is 1.90 bits per heavy atom. The van der Waals surface area contributed by atoms with E-state index < -0.39 is 0 Å². The number of carbonyl (C=O) groups excluding carboxylic acids is 1. The SMILES string of the molecule is CC1CCN(CC(=O)NC2CCCCCC2)C(CN)C1. The molecule has 4 nitrogen and oxygen atoms in total. The molecule has 2 rings (SSSR count). The lowest BCUT2D eigenvalue weighted by molar-refractivity contribution is -0.124. The molecule has 0 aromatic rings. The second-order valence-corrected chi connectivity index (χ2v) is 6.75. The van der Waals surface area contributed by atoms with Crippen molar-refractivity contribution in [3.63, 3.8) is 0 Å². The summed E-state index contributed by atoms with van der Waals surface area (Å²) in [5.41, 5.74) is 5.86. The number of amides is 1. The van der Waals surface area contributed by atoms with Crippen molar-refractivity contribution in [2.45, 2.75) is 70.4 Å². The molecule has 0 spiro atoms. The van der Waals surface area contributed by atoms with Gasteiger partial charge >= 0.3 is 0 Å². The van der Waals surface area contributed by atoms with E-state index in [1.165, 1.54) is 32.1 Å². The Labute approximate surface area is 123 Å². The second-order valence-electron chi connectivity index (χ2n) is 6.75. The van der Waals surface area contributed by atoms with Gasteiger partial charge in [0, 0.05) is 18.6 Å². The average molecular weight is 281 g/mol. The zero-order valence-corrected chi connectivity index (χ0v) is 12.9. The summed E-state index contributed by atoms with van der Waals surface area (Å²) in [4.78, 5) is 14.5. The zero-order chi connectivity index (χ0) is 14.4. The third-order valence-corrected chi connectivity index (χ3v) is 4.94. The number of hydrogen-bond donors (Lipinski definition) is 2. The van der Waals surface area contributed by atoms with Crippen molar-refractivity contribution in [2.75, 3.05) is 19.6 Å². The maximum absolute atomic E-state index is 12.2. The van der Waals surface area contributed by atoms with E-state index in [0.717, 1.165) is 31.7 Å². The molecule has 0 bridgehead atoms. The fourth-order valence-corrected chi connectivity index (χ4v) is 3.64. The van der Waals surface area contributed by atoms with E-state index in [1.54, 1.807) is 0 Å². The monoisotopic (exact) mass is 281 g/mol. The highest BCUT2D eigenvalue weighted by atomic mass is 16.2. The van der Waals surface area contributed by atoms with Gasteiger partial charge in [-0.15, -0.1) is 0 Å². The first-order chi connectivity index (χ1) is 9.69. The minimum atomic E-state index is 0.199. The van der Waals surface area contributed by atoms with Crippen LogP contribution in [0.1, 0.15) is 58.3 Å². The Morgan fingerprint density at radius 1 is 1.20 bits per heavy atom. The van der Waals surface area contributed by atoms with Gasteiger partial charge in [0.15, 0.2) is 0 Å². The number of carbonyl (C=O) groups is 1. The van der Waals surface area contributed by atoms with E-state index in [9.17, 15) is 4.79 Å². The van der Waals surface area contributed by atoms with Crippen LogP contribution in [0.3, 0.4) is 0 Å². The van der Waals surface area contributed by atoms with Crippen LogP contribution in [0.2, 0.25) is 0 Å². The molecule has 2 fully saturated rings. The van der Waals surface area contributed by atoms with Crippen LogP contribution in [0.5, 0.6) is 0 Å². The van der Waals surface area contributed by atoms with Gasteiger partial charge in [-0.25, -0.2) is 0 Å². The third kappa shape index (κ3) is 4.74. The molecule has 116 valence electrons. The molecule has 1 saturated heterocycles. The molecule has 1 aliphatic heterocycles. The smallest absolute Gasteiger partial charge is 0.234 e. The quantitative estimate of drug-likeness (QED) is 0.774. The Bertz CT molecular complexity index is 300. The number of nitrogens with one attached hydrogen (secondary N) is 1. The summed E-state index contributed by atoms with van der Waals surface area (Å²) < 4.78 is 0. The van der Waals surface area contributed by atoms with E-state index >= 15 is 0 Å². The van der Waals surface area contributed by atoms with E-state index in [1.807, 2.05) is 0 Å². The summed E-state index contributed by atoms with van der Waals surface area (Å²) in [6, 6.07) is 0.795. The molecule has 0 radical (unpaired) electrons. The van der Waals surface area contributed by atoms with Crippen molar-refractivity contribution in [2.24, 2.45) is 11.7 Å². The lowest BCUT2D eigenvalue weighted by Gasteiger charge is -2.37. The van der Waals surface area contributed by atoms with Gasteiger partial charge in [0.1, 0.15) is 0 Å². The first kappa shape index (κ1) is 15.8. The van der Waals surface area contributed by atoms with Crippen molar-refractivity contribution in [3.8, 4) is 0 Å². The van der Waals surface area contributed by atoms with Gasteiger partial charge in [0.2, 0.25) is 5.91 Å². The summed E-state index contributed by atoms with van der Waals surface area (Å²) in [6.45, 7) is 4.50. The fourth-order valence-electron chi connectivity index (χ4n) is 3.64. The third-order valence-electron chi connectivity index (χ3n) is 4.94. The van der Waals surface area contributed by atoms with E-state index in [2.05, 4.69) is 17.1 Å². The van der Waals surface area contributed by atoms with Crippen molar-refractivity contribution in [3.05, 3.63) is 0 Å². The van der Waals surface area contributed by atoms with Crippen molar-refractivity contribution < 1.29 is 4.79 Å². The lowest BCUT2D eigenvalue weighted by Crippen LogP contribution is -2.51. The Hall–Kier alpha value is -0.610. The van der Waals surface area contributed by atoms with Crippen LogP contribution in [0, 0.1) is 5.92 Å². The fraction of sp³-hybridized carbons (Fsp3) is 0.938. The second kappa shape index (κ2) is 7.99. The largest absolute Gasteiger partial charge is 0.352 e. The van der Waals surface area contributed by atoms with Crippen molar-refractivity contribution in [1.29, 1.82) is 0 Å². The highest BCUT2D eigenvalue weighted by Crippen LogP contribution is 2.22. The number of nitrogens with zero attached hydrogens (tertiary/aromatic N) is 1. The number of piperidine rings is 1. The molecule has 4 heteroatoms. The number of rotatable bonds is 4. The minimum Gasteiger partial charge on any atom is -0.352 e. The van der Waals surface area contributed by atoms with Gasteiger partial charge in [-0.2, -0.15) is 0 Å². The highest BCUT2D eigenvalue weighted by molar-refractivity contribution is 5.78. The number of nitrogens with two attached hydrogens (primary N) is 1. The first-order valence-electron chi connectivity index (χ1n) is 8.42. The lowest BCUT2D eigenvalue weighted by atomic mass is 9.92. The molecule has 2 unspecified atom stereocenters. The summed E-state index contributed by atoms with van der Waals surface area (Å²) in [7, 11) is 0. The minimum absolute atomic E-state index is 0.199. The van der Waals surface area contributed by atoms with Crippen LogP contribution in [-0.4, -0.2) is 42.5 Å². The molecule has 0 aromatic heterocycles. The Kier molecular flexibility index (Phi) is 6.30. The maximum Gasteiger partial charge on any atom is 0.234 e. The summed E-state index contributed by atoms with van der Waals surface area (Å²) in [5, 5.41) is 3.24. The predicted molar refractivity (Wildman–Crippen MR) is 82.4 cm³/mol. The standard InChI is InChI=1S/C16H31N3O/c1-13-8-9-19(15(10-13)11-17)12-16(20)18-14-6-4-2-3-5-7-14/h13-15H,2-12,17H2,1H3,(H,18,20). The molecule has 1 amide bonds. The molecule has 20 heavy (non-hydrogen) atoms. The van der Waals surface area contributed by atoms with Gasteiger partial charge in [-0.05, 0) is 38.1 Å². The first-order valence-corrected chi connectivity index (χ1v) is 8.42. The highest BCUT2D eigenvalue weighted by Gasteiger charge is 2.27. The topological polar surface area (TPSA) is 58.4 Å². The van der Waals surface area contributed by atoms with Gasteiger partial charge in [0.25, 0.3) is 0 Å². The van der Waals surface area contributed by atoms with Crippen LogP contribution >= 0.6 is 0 Å². The van der Waals surface area contributed by atoms with Crippen molar-refractivity contribution in [1.82, 2.24) is 10.2 Å². The average Bonchev–Trinajstić information content (AvgIpc) is 2.69. The van der Waals surface area contributed by atoms with Crippen LogP contribution < -0.4 is 11.1 Å². The molecule has 1 saturated carbocycles. The molecule has 2 atom stereocenters. The van der Waals surface area contributed by atoms with Gasteiger partial charge in [-0.1, -0.05) is 32.6 Å². The number of hydrogen-bond acceptors (Lipinski definition) is 3. The van der Waals surface area contributed by atoms with Gasteiger partial charge in [0.05, 0.1) is 6.54 Å². The van der Waals surface area contributed by atoms with Crippen LogP contribution in [0.15, 0.2) is 0 Å². The Balaban J connectivity index is 1.77. The Morgan fingerprint density at radius 3 is 2.55 bits per heavy atom.